The number of benzene rings is 1. The van der Waals surface area contributed by atoms with Gasteiger partial charge in [0.05, 0.1) is 5.39 Å². The van der Waals surface area contributed by atoms with Gasteiger partial charge in [0.15, 0.2) is 5.82 Å². The van der Waals surface area contributed by atoms with Crippen molar-refractivity contribution >= 4 is 29.3 Å². The van der Waals surface area contributed by atoms with Crippen LogP contribution in [0.1, 0.15) is 17.7 Å². The molecule has 1 aliphatic rings. The molecular formula is C18H18F3N5. The molecule has 0 radical (unpaired) electrons. The van der Waals surface area contributed by atoms with Crippen molar-refractivity contribution in [1.82, 2.24) is 15.0 Å². The van der Waals surface area contributed by atoms with Gasteiger partial charge in [0.25, 0.3) is 0 Å². The smallest absolute Gasteiger partial charge is 0.374 e. The maximum absolute atomic E-state index is 12.3. The van der Waals surface area contributed by atoms with Gasteiger partial charge in [-0.3, -0.25) is 0 Å². The summed E-state index contributed by atoms with van der Waals surface area (Å²) in [5, 5.41) is 0.208. The summed E-state index contributed by atoms with van der Waals surface area (Å²) in [6.45, 7) is 4.42. The Morgan fingerprint density at radius 1 is 1.23 bits per heavy atom. The summed E-state index contributed by atoms with van der Waals surface area (Å²) in [5.74, 6) is 0.131. The highest BCUT2D eigenvalue weighted by atomic mass is 19.4. The molecule has 0 unspecified atom stereocenters. The van der Waals surface area contributed by atoms with Gasteiger partial charge in [-0.05, 0) is 37.3 Å². The largest absolute Gasteiger partial charge is 0.431 e. The lowest BCUT2D eigenvalue weighted by Gasteiger charge is -2.26. The van der Waals surface area contributed by atoms with Crippen molar-refractivity contribution in [2.75, 3.05) is 18.5 Å². The second kappa shape index (κ2) is 7.15. The molecule has 3 heterocycles. The summed E-state index contributed by atoms with van der Waals surface area (Å²) in [6, 6.07) is 9.58. The molecule has 136 valence electrons. The number of H-pyrrole nitrogens is 1. The highest BCUT2D eigenvalue weighted by molar-refractivity contribution is 5.86. The van der Waals surface area contributed by atoms with Crippen molar-refractivity contribution in [3.63, 3.8) is 0 Å². The summed E-state index contributed by atoms with van der Waals surface area (Å²) in [4.78, 5) is 15.3. The van der Waals surface area contributed by atoms with Crippen LogP contribution in [0.15, 0.2) is 41.7 Å². The van der Waals surface area contributed by atoms with Gasteiger partial charge < -0.3 is 9.88 Å². The predicted octanol–water partition coefficient (Wildman–Crippen LogP) is 4.38. The molecule has 0 saturated heterocycles. The number of aromatic amines is 1. The minimum atomic E-state index is -4.43. The Morgan fingerprint density at radius 2 is 2.00 bits per heavy atom. The number of nitrogens with zero attached hydrogens (tertiary/aromatic N) is 4. The molecule has 0 fully saturated rings. The lowest BCUT2D eigenvalue weighted by molar-refractivity contribution is -0.140. The maximum atomic E-state index is 12.3. The van der Waals surface area contributed by atoms with Crippen LogP contribution in [-0.4, -0.2) is 35.3 Å². The summed E-state index contributed by atoms with van der Waals surface area (Å²) in [6.07, 6.45) is -0.754. The second-order valence-corrected chi connectivity index (χ2v) is 5.95. The van der Waals surface area contributed by atoms with Gasteiger partial charge in [0.2, 0.25) is 0 Å². The molecule has 2 aromatic heterocycles. The molecule has 0 bridgehead atoms. The summed E-state index contributed by atoms with van der Waals surface area (Å²) >= 11 is 0. The van der Waals surface area contributed by atoms with E-state index in [1.165, 1.54) is 30.6 Å². The lowest BCUT2D eigenvalue weighted by atomic mass is 10.0. The van der Waals surface area contributed by atoms with E-state index in [0.717, 1.165) is 12.4 Å². The molecule has 26 heavy (non-hydrogen) atoms. The molecule has 1 aromatic carbocycles. The van der Waals surface area contributed by atoms with Crippen LogP contribution in [0, 0.1) is 0 Å². The van der Waals surface area contributed by atoms with E-state index in [2.05, 4.69) is 62.9 Å². The number of para-hydroxylation sites is 1. The fourth-order valence-corrected chi connectivity index (χ4v) is 2.93. The van der Waals surface area contributed by atoms with E-state index in [1.807, 2.05) is 0 Å². The Kier molecular flexibility index (Phi) is 4.92. The van der Waals surface area contributed by atoms with E-state index in [-0.39, 0.29) is 16.9 Å². The second-order valence-electron chi connectivity index (χ2n) is 5.95. The van der Waals surface area contributed by atoms with Gasteiger partial charge in [-0.25, -0.2) is 15.0 Å². The molecule has 0 amide bonds. The maximum Gasteiger partial charge on any atom is 0.431 e. The number of fused-ring (bicyclic) bond motifs is 2. The number of anilines is 1. The van der Waals surface area contributed by atoms with Crippen molar-refractivity contribution in [3.05, 3.63) is 47.9 Å². The molecule has 0 aliphatic carbocycles. The quantitative estimate of drug-likeness (QED) is 0.655. The van der Waals surface area contributed by atoms with Crippen molar-refractivity contribution in [2.24, 2.45) is 4.99 Å². The first kappa shape index (κ1) is 17.9. The van der Waals surface area contributed by atoms with Gasteiger partial charge in [-0.2, -0.15) is 13.2 Å². The van der Waals surface area contributed by atoms with E-state index in [0.29, 0.717) is 0 Å². The number of aromatic nitrogens is 3. The molecule has 0 saturated carbocycles. The zero-order valence-electron chi connectivity index (χ0n) is 14.2. The third-order valence-corrected chi connectivity index (χ3v) is 4.20. The molecule has 5 nitrogen and oxygen atoms in total. The van der Waals surface area contributed by atoms with Crippen LogP contribution >= 0.6 is 0 Å². The summed E-state index contributed by atoms with van der Waals surface area (Å²) < 4.78 is 37.0. The predicted molar refractivity (Wildman–Crippen MR) is 96.1 cm³/mol. The highest BCUT2D eigenvalue weighted by Crippen LogP contribution is 2.32. The number of nitrogens with one attached hydrogen (secondary N) is 1. The molecule has 8 heteroatoms. The Balaban J connectivity index is 0.000000158. The molecule has 3 aromatic rings. The molecule has 4 rings (SSSR count). The first-order chi connectivity index (χ1) is 12.4. The third kappa shape index (κ3) is 3.68. The van der Waals surface area contributed by atoms with Crippen LogP contribution in [0.25, 0.3) is 11.0 Å². The first-order valence-corrected chi connectivity index (χ1v) is 8.07. The molecular weight excluding hydrogens is 343 g/mol. The molecule has 0 atom stereocenters. The third-order valence-electron chi connectivity index (χ3n) is 4.20. The average molecular weight is 361 g/mol. The van der Waals surface area contributed by atoms with E-state index in [9.17, 15) is 13.2 Å². The van der Waals surface area contributed by atoms with Gasteiger partial charge in [0.1, 0.15) is 17.7 Å². The first-order valence-electron chi connectivity index (χ1n) is 8.07. The van der Waals surface area contributed by atoms with Gasteiger partial charge in [-0.15, -0.1) is 0 Å². The Hall–Kier alpha value is -2.90. The van der Waals surface area contributed by atoms with Crippen LogP contribution < -0.4 is 4.90 Å². The zero-order valence-corrected chi connectivity index (χ0v) is 14.2. The number of aryl methyl sites for hydroxylation is 1. The number of hydrogen-bond donors (Lipinski definition) is 1. The van der Waals surface area contributed by atoms with Crippen molar-refractivity contribution in [2.45, 2.75) is 19.0 Å². The van der Waals surface area contributed by atoms with Crippen LogP contribution in [0.2, 0.25) is 0 Å². The van der Waals surface area contributed by atoms with E-state index < -0.39 is 11.9 Å². The van der Waals surface area contributed by atoms with E-state index in [4.69, 9.17) is 0 Å². The number of rotatable bonds is 1. The van der Waals surface area contributed by atoms with Crippen molar-refractivity contribution in [1.29, 1.82) is 0 Å². The molecule has 1 N–H and O–H groups in total. The topological polar surface area (TPSA) is 57.2 Å². The Morgan fingerprint density at radius 3 is 2.69 bits per heavy atom. The van der Waals surface area contributed by atoms with E-state index >= 15 is 0 Å². The molecule has 0 spiro atoms. The van der Waals surface area contributed by atoms with Gasteiger partial charge in [0, 0.05) is 19.3 Å². The SMILES string of the molecule is C=Nc1ncnc2[nH]c(C(F)(F)F)cc12.CN1CCCc2ccccc21. The van der Waals surface area contributed by atoms with Crippen LogP contribution in [0.3, 0.4) is 0 Å². The Bertz CT molecular complexity index is 917. The standard InChI is InChI=1S/C10H13N.C8H5F3N4/c1-11-8-4-6-9-5-2-3-7-10(9)11;1-12-6-4-2-5(8(9,10)11)15-7(4)14-3-13-6/h2-3,5,7H,4,6,8H2,1H3;2-3H,1H2,(H,13,14,15). The van der Waals surface area contributed by atoms with E-state index in [1.54, 1.807) is 0 Å². The Labute approximate surface area is 148 Å². The average Bonchev–Trinajstić information content (AvgIpc) is 3.07. The summed E-state index contributed by atoms with van der Waals surface area (Å²) in [7, 11) is 2.16. The van der Waals surface area contributed by atoms with Crippen molar-refractivity contribution in [3.8, 4) is 0 Å². The number of alkyl halides is 3. The highest BCUT2D eigenvalue weighted by Gasteiger charge is 2.33. The normalized spacial score (nSPS) is 13.8. The molecule has 1 aliphatic heterocycles. The van der Waals surface area contributed by atoms with Gasteiger partial charge in [-0.1, -0.05) is 18.2 Å². The fraction of sp³-hybridized carbons (Fsp3) is 0.278. The number of halogens is 3. The van der Waals surface area contributed by atoms with Crippen LogP contribution in [-0.2, 0) is 12.6 Å². The summed E-state index contributed by atoms with van der Waals surface area (Å²) in [5.41, 5.74) is 2.14. The van der Waals surface area contributed by atoms with Crippen LogP contribution in [0.5, 0.6) is 0 Å². The minimum absolute atomic E-state index is 0.0970. The lowest BCUT2D eigenvalue weighted by Crippen LogP contribution is -2.24. The number of hydrogen-bond acceptors (Lipinski definition) is 4. The van der Waals surface area contributed by atoms with Gasteiger partial charge >= 0.3 is 6.18 Å². The zero-order chi connectivity index (χ0) is 18.7. The monoisotopic (exact) mass is 361 g/mol. The van der Waals surface area contributed by atoms with Crippen molar-refractivity contribution < 1.29 is 13.2 Å². The minimum Gasteiger partial charge on any atom is -0.374 e. The number of aliphatic imine (C=N–C) groups is 1. The van der Waals surface area contributed by atoms with Crippen LogP contribution in [0.4, 0.5) is 24.7 Å². The fourth-order valence-electron chi connectivity index (χ4n) is 2.93.